The van der Waals surface area contributed by atoms with E-state index in [1.54, 1.807) is 22.8 Å². The van der Waals surface area contributed by atoms with Gasteiger partial charge in [-0.25, -0.2) is 4.79 Å². The zero-order chi connectivity index (χ0) is 22.0. The average molecular weight is 423 g/mol. The molecule has 2 aliphatic rings. The van der Waals surface area contributed by atoms with Crippen molar-refractivity contribution in [1.29, 1.82) is 0 Å². The van der Waals surface area contributed by atoms with Crippen LogP contribution in [-0.2, 0) is 9.59 Å². The normalized spacial score (nSPS) is 23.0. The number of hydrogen-bond donors (Lipinski definition) is 3. The molecule has 1 saturated carbocycles. The summed E-state index contributed by atoms with van der Waals surface area (Å²) in [6, 6.07) is 10.1. The van der Waals surface area contributed by atoms with E-state index in [2.05, 4.69) is 16.2 Å². The van der Waals surface area contributed by atoms with E-state index in [9.17, 15) is 19.2 Å². The van der Waals surface area contributed by atoms with Crippen LogP contribution in [-0.4, -0.2) is 45.3 Å². The predicted octanol–water partition coefficient (Wildman–Crippen LogP) is 1.74. The second kappa shape index (κ2) is 8.25. The largest absolute Gasteiger partial charge is 0.325 e. The van der Waals surface area contributed by atoms with Gasteiger partial charge in [0.15, 0.2) is 0 Å². The van der Waals surface area contributed by atoms with E-state index in [0.717, 1.165) is 24.2 Å². The molecule has 1 aliphatic carbocycles. The average Bonchev–Trinajstić information content (AvgIpc) is 3.38. The van der Waals surface area contributed by atoms with Gasteiger partial charge >= 0.3 is 6.03 Å². The van der Waals surface area contributed by atoms with Crippen LogP contribution in [0.4, 0.5) is 4.79 Å². The Hall–Kier alpha value is -3.62. The quantitative estimate of drug-likeness (QED) is 0.514. The molecule has 2 atom stereocenters. The van der Waals surface area contributed by atoms with Gasteiger partial charge in [-0.2, -0.15) is 0 Å². The first kappa shape index (κ1) is 20.6. The lowest BCUT2D eigenvalue weighted by atomic mass is 9.73. The summed E-state index contributed by atoms with van der Waals surface area (Å²) in [7, 11) is 0. The van der Waals surface area contributed by atoms with Gasteiger partial charge in [0.05, 0.1) is 11.3 Å². The molecule has 2 fully saturated rings. The van der Waals surface area contributed by atoms with E-state index in [1.165, 1.54) is 0 Å². The van der Waals surface area contributed by atoms with Gasteiger partial charge in [0.2, 0.25) is 0 Å². The Morgan fingerprint density at radius 2 is 1.84 bits per heavy atom. The Kier molecular flexibility index (Phi) is 5.50. The number of hydrogen-bond acceptors (Lipinski definition) is 4. The lowest BCUT2D eigenvalue weighted by Crippen LogP contribution is -2.54. The number of imide groups is 1. The monoisotopic (exact) mass is 423 g/mol. The Bertz CT molecular complexity index is 1020. The number of hydrazine groups is 1. The highest BCUT2D eigenvalue weighted by Crippen LogP contribution is 2.38. The van der Waals surface area contributed by atoms with Crippen molar-refractivity contribution in [3.8, 4) is 5.69 Å². The number of rotatable bonds is 4. The molecule has 1 spiro atoms. The topological polar surface area (TPSA) is 113 Å². The fourth-order valence-corrected chi connectivity index (χ4v) is 4.40. The van der Waals surface area contributed by atoms with E-state index in [0.29, 0.717) is 17.7 Å². The first-order valence-electron chi connectivity index (χ1n) is 10.4. The molecule has 9 nitrogen and oxygen atoms in total. The van der Waals surface area contributed by atoms with Crippen molar-refractivity contribution in [2.45, 2.75) is 38.1 Å². The van der Waals surface area contributed by atoms with Gasteiger partial charge < -0.3 is 9.88 Å². The number of aromatic nitrogens is 1. The molecule has 0 radical (unpaired) electrons. The van der Waals surface area contributed by atoms with E-state index in [1.807, 2.05) is 37.5 Å². The molecule has 1 saturated heterocycles. The number of benzene rings is 1. The fourth-order valence-electron chi connectivity index (χ4n) is 4.40. The maximum atomic E-state index is 12.9. The third kappa shape index (κ3) is 3.78. The molecule has 4 rings (SSSR count). The predicted molar refractivity (Wildman–Crippen MR) is 112 cm³/mol. The van der Waals surface area contributed by atoms with Gasteiger partial charge in [0.1, 0.15) is 12.1 Å². The van der Waals surface area contributed by atoms with E-state index in [-0.39, 0.29) is 11.8 Å². The molecule has 3 N–H and O–H groups in total. The molecular weight excluding hydrogens is 398 g/mol. The summed E-state index contributed by atoms with van der Waals surface area (Å²) in [6.45, 7) is 1.49. The lowest BCUT2D eigenvalue weighted by Gasteiger charge is -2.36. The molecule has 9 heteroatoms. The standard InChI is InChI=1S/C22H25N5O4/c1-15-8-4-5-11-22(15)20(30)27(21(31)23-22)14-18(28)24-25-19(29)16-9-2-3-10-17(16)26-12-6-7-13-26/h2-3,6-7,9-10,12-13,15H,4-5,8,11,14H2,1H3,(H,23,31)(H,24,28)(H,25,29)/t15-,22+/m1/s1. The Labute approximate surface area is 179 Å². The molecule has 1 aliphatic heterocycles. The highest BCUT2D eigenvalue weighted by atomic mass is 16.2. The smallest absolute Gasteiger partial charge is 0.323 e. The van der Waals surface area contributed by atoms with Crippen LogP contribution in [0.1, 0.15) is 43.0 Å². The van der Waals surface area contributed by atoms with E-state index >= 15 is 0 Å². The molecular formula is C22H25N5O4. The minimum absolute atomic E-state index is 0.00986. The van der Waals surface area contributed by atoms with Crippen LogP contribution >= 0.6 is 0 Å². The molecule has 5 amide bonds. The van der Waals surface area contributed by atoms with Crippen LogP contribution < -0.4 is 16.2 Å². The van der Waals surface area contributed by atoms with Gasteiger partial charge in [-0.05, 0) is 43.0 Å². The SMILES string of the molecule is C[C@@H]1CCCC[C@]12NC(=O)N(CC(=O)NNC(=O)c1ccccc1-n1cccc1)C2=O. The summed E-state index contributed by atoms with van der Waals surface area (Å²) in [5.41, 5.74) is 4.76. The zero-order valence-electron chi connectivity index (χ0n) is 17.3. The summed E-state index contributed by atoms with van der Waals surface area (Å²) in [5, 5.41) is 2.81. The Morgan fingerprint density at radius 1 is 1.10 bits per heavy atom. The second-order valence-electron chi connectivity index (χ2n) is 8.05. The lowest BCUT2D eigenvalue weighted by molar-refractivity contribution is -0.137. The van der Waals surface area contributed by atoms with Gasteiger partial charge in [-0.3, -0.25) is 30.1 Å². The summed E-state index contributed by atoms with van der Waals surface area (Å²) in [4.78, 5) is 51.3. The van der Waals surface area contributed by atoms with Crippen molar-refractivity contribution in [2.24, 2.45) is 5.92 Å². The molecule has 2 aromatic rings. The van der Waals surface area contributed by atoms with Crippen molar-refractivity contribution in [1.82, 2.24) is 25.6 Å². The Morgan fingerprint density at radius 3 is 2.58 bits per heavy atom. The summed E-state index contributed by atoms with van der Waals surface area (Å²) >= 11 is 0. The van der Waals surface area contributed by atoms with Gasteiger partial charge in [-0.15, -0.1) is 0 Å². The fraction of sp³-hybridized carbons (Fsp3) is 0.364. The third-order valence-corrected chi connectivity index (χ3v) is 6.15. The van der Waals surface area contributed by atoms with Crippen molar-refractivity contribution < 1.29 is 19.2 Å². The van der Waals surface area contributed by atoms with Crippen molar-refractivity contribution in [3.05, 3.63) is 54.4 Å². The number of amides is 5. The highest BCUT2D eigenvalue weighted by molar-refractivity contribution is 6.09. The molecule has 162 valence electrons. The van der Waals surface area contributed by atoms with E-state index in [4.69, 9.17) is 0 Å². The van der Waals surface area contributed by atoms with Gasteiger partial charge in [0.25, 0.3) is 17.7 Å². The molecule has 31 heavy (non-hydrogen) atoms. The van der Waals surface area contributed by atoms with Gasteiger partial charge in [0, 0.05) is 12.4 Å². The van der Waals surface area contributed by atoms with Gasteiger partial charge in [-0.1, -0.05) is 31.9 Å². The minimum atomic E-state index is -0.922. The third-order valence-electron chi connectivity index (χ3n) is 6.15. The van der Waals surface area contributed by atoms with Crippen LogP contribution in [0.5, 0.6) is 0 Å². The summed E-state index contributed by atoms with van der Waals surface area (Å²) in [5.74, 6) is -1.53. The summed E-state index contributed by atoms with van der Waals surface area (Å²) in [6.07, 6.45) is 6.91. The van der Waals surface area contributed by atoms with Crippen LogP contribution in [0.2, 0.25) is 0 Å². The number of nitrogens with zero attached hydrogens (tertiary/aromatic N) is 2. The van der Waals surface area contributed by atoms with Crippen LogP contribution in [0.15, 0.2) is 48.8 Å². The molecule has 2 heterocycles. The number of carbonyl (C=O) groups excluding carboxylic acids is 4. The Balaban J connectivity index is 1.39. The molecule has 0 unspecified atom stereocenters. The molecule has 1 aromatic heterocycles. The first-order chi connectivity index (χ1) is 14.9. The number of carbonyl (C=O) groups is 4. The first-order valence-corrected chi connectivity index (χ1v) is 10.4. The summed E-state index contributed by atoms with van der Waals surface area (Å²) < 4.78 is 1.79. The van der Waals surface area contributed by atoms with Crippen LogP contribution in [0.3, 0.4) is 0 Å². The van der Waals surface area contributed by atoms with E-state index < -0.39 is 29.9 Å². The molecule has 1 aromatic carbocycles. The number of para-hydroxylation sites is 1. The maximum absolute atomic E-state index is 12.9. The van der Waals surface area contributed by atoms with Crippen molar-refractivity contribution >= 4 is 23.8 Å². The number of nitrogens with one attached hydrogen (secondary N) is 3. The highest BCUT2D eigenvalue weighted by Gasteiger charge is 2.55. The molecule has 0 bridgehead atoms. The van der Waals surface area contributed by atoms with Crippen molar-refractivity contribution in [2.75, 3.05) is 6.54 Å². The number of urea groups is 1. The zero-order valence-corrected chi connectivity index (χ0v) is 17.3. The van der Waals surface area contributed by atoms with Crippen LogP contribution in [0.25, 0.3) is 5.69 Å². The van der Waals surface area contributed by atoms with Crippen molar-refractivity contribution in [3.63, 3.8) is 0 Å². The maximum Gasteiger partial charge on any atom is 0.325 e. The second-order valence-corrected chi connectivity index (χ2v) is 8.05. The van der Waals surface area contributed by atoms with Crippen LogP contribution in [0, 0.1) is 5.92 Å². The minimum Gasteiger partial charge on any atom is -0.323 e.